The highest BCUT2D eigenvalue weighted by molar-refractivity contribution is 6.02. The first-order chi connectivity index (χ1) is 10.9. The van der Waals surface area contributed by atoms with Gasteiger partial charge in [0.25, 0.3) is 0 Å². The predicted molar refractivity (Wildman–Crippen MR) is 79.1 cm³/mol. The molecule has 122 valence electrons. The number of carbonyl (C=O) groups excluding carboxylic acids is 3. The second-order valence-electron chi connectivity index (χ2n) is 4.73. The van der Waals surface area contributed by atoms with Crippen LogP contribution in [0.5, 0.6) is 0 Å². The minimum Gasteiger partial charge on any atom is -0.466 e. The number of methoxy groups -OCH3 is 2. The fraction of sp³-hybridized carbons (Fsp3) is 0.267. The lowest BCUT2D eigenvalue weighted by Crippen LogP contribution is -2.22. The largest absolute Gasteiger partial charge is 0.466 e. The highest BCUT2D eigenvalue weighted by atomic mass is 19.1. The number of hydrogen-bond donors (Lipinski definition) is 2. The van der Waals surface area contributed by atoms with E-state index in [4.69, 9.17) is 0 Å². The maximum atomic E-state index is 13.7. The Morgan fingerprint density at radius 2 is 2.00 bits per heavy atom. The van der Waals surface area contributed by atoms with E-state index < -0.39 is 17.8 Å². The first kappa shape index (κ1) is 16.5. The molecule has 23 heavy (non-hydrogen) atoms. The highest BCUT2D eigenvalue weighted by Gasteiger charge is 2.21. The Bertz CT molecular complexity index is 699. The summed E-state index contributed by atoms with van der Waals surface area (Å²) in [6, 6.07) is 2.42. The second-order valence-corrected chi connectivity index (χ2v) is 4.73. The van der Waals surface area contributed by atoms with Crippen molar-refractivity contribution in [3.8, 4) is 0 Å². The molecule has 1 heterocycles. The van der Waals surface area contributed by atoms with Crippen molar-refractivity contribution in [2.45, 2.75) is 12.8 Å². The minimum absolute atomic E-state index is 0.147. The van der Waals surface area contributed by atoms with Crippen molar-refractivity contribution in [3.05, 3.63) is 35.3 Å². The molecule has 8 heteroatoms. The topological polar surface area (TPSA) is 93.7 Å². The van der Waals surface area contributed by atoms with E-state index in [9.17, 15) is 18.8 Å². The van der Waals surface area contributed by atoms with Crippen LogP contribution in [0.1, 0.15) is 12.0 Å². The van der Waals surface area contributed by atoms with Crippen LogP contribution in [0, 0.1) is 5.82 Å². The summed E-state index contributed by atoms with van der Waals surface area (Å²) in [6.45, 7) is 0. The summed E-state index contributed by atoms with van der Waals surface area (Å²) in [4.78, 5) is 34.6. The lowest BCUT2D eigenvalue weighted by Gasteiger charge is -2.21. The molecule has 0 spiro atoms. The van der Waals surface area contributed by atoms with Crippen LogP contribution in [0.15, 0.2) is 23.9 Å². The van der Waals surface area contributed by atoms with Gasteiger partial charge in [0.05, 0.1) is 31.7 Å². The van der Waals surface area contributed by atoms with Gasteiger partial charge in [-0.25, -0.2) is 14.0 Å². The number of hydrogen-bond acceptors (Lipinski definition) is 6. The summed E-state index contributed by atoms with van der Waals surface area (Å²) in [5.41, 5.74) is 0.859. The van der Waals surface area contributed by atoms with Crippen molar-refractivity contribution in [1.29, 1.82) is 0 Å². The average molecular weight is 322 g/mol. The molecule has 0 fully saturated rings. The molecule has 0 aliphatic carbocycles. The van der Waals surface area contributed by atoms with Gasteiger partial charge in [0.15, 0.2) is 0 Å². The SMILES string of the molecule is COC(=O)/C=C(/Nc1cc(F)cc2c1NC(=O)CC2)C(=O)OC. The normalized spacial score (nSPS) is 13.7. The first-order valence-electron chi connectivity index (χ1n) is 6.72. The van der Waals surface area contributed by atoms with Gasteiger partial charge in [-0.1, -0.05) is 0 Å². The van der Waals surface area contributed by atoms with Crippen LogP contribution in [-0.2, 0) is 30.3 Å². The van der Waals surface area contributed by atoms with Crippen molar-refractivity contribution in [1.82, 2.24) is 0 Å². The zero-order chi connectivity index (χ0) is 17.0. The van der Waals surface area contributed by atoms with Crippen molar-refractivity contribution in [2.24, 2.45) is 0 Å². The highest BCUT2D eigenvalue weighted by Crippen LogP contribution is 2.32. The summed E-state index contributed by atoms with van der Waals surface area (Å²) in [5.74, 6) is -2.38. The van der Waals surface area contributed by atoms with E-state index in [0.29, 0.717) is 17.7 Å². The van der Waals surface area contributed by atoms with E-state index in [2.05, 4.69) is 20.1 Å². The lowest BCUT2D eigenvalue weighted by molar-refractivity contribution is -0.138. The van der Waals surface area contributed by atoms with Crippen molar-refractivity contribution >= 4 is 29.2 Å². The van der Waals surface area contributed by atoms with E-state index in [1.54, 1.807) is 0 Å². The van der Waals surface area contributed by atoms with Crippen molar-refractivity contribution in [3.63, 3.8) is 0 Å². The van der Waals surface area contributed by atoms with Gasteiger partial charge < -0.3 is 20.1 Å². The Labute approximate surface area is 131 Å². The molecule has 1 aliphatic heterocycles. The Morgan fingerprint density at radius 3 is 2.65 bits per heavy atom. The van der Waals surface area contributed by atoms with Gasteiger partial charge in [0, 0.05) is 6.42 Å². The van der Waals surface area contributed by atoms with Gasteiger partial charge in [-0.15, -0.1) is 0 Å². The predicted octanol–water partition coefficient (Wildman–Crippen LogP) is 1.35. The van der Waals surface area contributed by atoms with E-state index in [1.165, 1.54) is 6.07 Å². The molecule has 0 atom stereocenters. The first-order valence-corrected chi connectivity index (χ1v) is 6.72. The maximum absolute atomic E-state index is 13.7. The number of aryl methyl sites for hydroxylation is 1. The maximum Gasteiger partial charge on any atom is 0.354 e. The molecular formula is C15H15FN2O5. The molecule has 0 aromatic heterocycles. The average Bonchev–Trinajstić information content (AvgIpc) is 2.53. The Morgan fingerprint density at radius 1 is 1.26 bits per heavy atom. The van der Waals surface area contributed by atoms with Crippen LogP contribution in [-0.4, -0.2) is 32.1 Å². The van der Waals surface area contributed by atoms with Gasteiger partial charge >= 0.3 is 11.9 Å². The van der Waals surface area contributed by atoms with Crippen LogP contribution in [0.25, 0.3) is 0 Å². The number of halogens is 1. The third-order valence-corrected chi connectivity index (χ3v) is 3.21. The summed E-state index contributed by atoms with van der Waals surface area (Å²) in [5, 5.41) is 5.24. The van der Waals surface area contributed by atoms with Crippen molar-refractivity contribution in [2.75, 3.05) is 24.9 Å². The van der Waals surface area contributed by atoms with Gasteiger partial charge in [-0.2, -0.15) is 0 Å². The molecule has 7 nitrogen and oxygen atoms in total. The van der Waals surface area contributed by atoms with Gasteiger partial charge in [-0.05, 0) is 24.1 Å². The van der Waals surface area contributed by atoms with E-state index >= 15 is 0 Å². The Hall–Kier alpha value is -2.90. The molecule has 1 amide bonds. The summed E-state index contributed by atoms with van der Waals surface area (Å²) < 4.78 is 22.8. The van der Waals surface area contributed by atoms with Gasteiger partial charge in [0.2, 0.25) is 5.91 Å². The molecule has 0 saturated carbocycles. The Balaban J connectivity index is 2.42. The van der Waals surface area contributed by atoms with Gasteiger partial charge in [-0.3, -0.25) is 4.79 Å². The monoisotopic (exact) mass is 322 g/mol. The van der Waals surface area contributed by atoms with E-state index in [1.807, 2.05) is 0 Å². The molecule has 2 rings (SSSR count). The molecule has 0 radical (unpaired) electrons. The zero-order valence-electron chi connectivity index (χ0n) is 12.6. The summed E-state index contributed by atoms with van der Waals surface area (Å²) in [7, 11) is 2.29. The summed E-state index contributed by atoms with van der Waals surface area (Å²) in [6.07, 6.45) is 1.51. The number of esters is 2. The molecule has 0 bridgehead atoms. The number of benzene rings is 1. The zero-order valence-corrected chi connectivity index (χ0v) is 12.6. The Kier molecular flexibility index (Phi) is 4.95. The minimum atomic E-state index is -0.837. The molecule has 0 unspecified atom stereocenters. The lowest BCUT2D eigenvalue weighted by atomic mass is 10.0. The smallest absolute Gasteiger partial charge is 0.354 e. The third kappa shape index (κ3) is 3.85. The van der Waals surface area contributed by atoms with Crippen LogP contribution in [0.3, 0.4) is 0 Å². The number of anilines is 2. The molecule has 2 N–H and O–H groups in total. The standard InChI is InChI=1S/C15H15FN2O5/c1-22-13(20)7-11(15(21)23-2)17-10-6-9(16)5-8-3-4-12(19)18-14(8)10/h5-7,17H,3-4H2,1-2H3,(H,18,19)/b11-7+. The number of rotatable bonds is 4. The number of ether oxygens (including phenoxy) is 2. The van der Waals surface area contributed by atoms with Gasteiger partial charge in [0.1, 0.15) is 11.5 Å². The van der Waals surface area contributed by atoms with Crippen molar-refractivity contribution < 1.29 is 28.2 Å². The number of amides is 1. The molecular weight excluding hydrogens is 307 g/mol. The summed E-state index contributed by atoms with van der Waals surface area (Å²) >= 11 is 0. The third-order valence-electron chi connectivity index (χ3n) is 3.21. The van der Waals surface area contributed by atoms with Crippen LogP contribution in [0.2, 0.25) is 0 Å². The number of nitrogens with one attached hydrogen (secondary N) is 2. The fourth-order valence-corrected chi connectivity index (χ4v) is 2.13. The molecule has 0 saturated heterocycles. The number of fused-ring (bicyclic) bond motifs is 1. The van der Waals surface area contributed by atoms with E-state index in [-0.39, 0.29) is 23.7 Å². The quantitative estimate of drug-likeness (QED) is 0.642. The molecule has 1 aliphatic rings. The van der Waals surface area contributed by atoms with Crippen LogP contribution >= 0.6 is 0 Å². The molecule has 1 aromatic carbocycles. The second kappa shape index (κ2) is 6.91. The van der Waals surface area contributed by atoms with Crippen LogP contribution in [0.4, 0.5) is 15.8 Å². The number of carbonyl (C=O) groups is 3. The van der Waals surface area contributed by atoms with E-state index in [0.717, 1.165) is 26.4 Å². The molecule has 1 aromatic rings. The van der Waals surface area contributed by atoms with Crippen LogP contribution < -0.4 is 10.6 Å². The fourth-order valence-electron chi connectivity index (χ4n) is 2.13.